The summed E-state index contributed by atoms with van der Waals surface area (Å²) in [4.78, 5) is 24.9. The van der Waals surface area contributed by atoms with E-state index >= 15 is 8.78 Å². The zero-order valence-corrected chi connectivity index (χ0v) is 29.9. The lowest BCUT2D eigenvalue weighted by molar-refractivity contribution is -0.153. The molecule has 2 aromatic heterocycles. The predicted molar refractivity (Wildman–Crippen MR) is 186 cm³/mol. The molecule has 5 heterocycles. The molecule has 2 unspecified atom stereocenters. The number of esters is 1. The van der Waals surface area contributed by atoms with Gasteiger partial charge in [-0.1, -0.05) is 31.5 Å². The Labute approximate surface area is 299 Å². The van der Waals surface area contributed by atoms with Crippen molar-refractivity contribution in [3.05, 3.63) is 34.4 Å². The number of hydrogen-bond donors (Lipinski definition) is 1. The van der Waals surface area contributed by atoms with E-state index in [0.29, 0.717) is 28.9 Å². The van der Waals surface area contributed by atoms with Gasteiger partial charge in [-0.3, -0.25) is 9.69 Å². The maximum atomic E-state index is 17.2. The van der Waals surface area contributed by atoms with E-state index in [0.717, 1.165) is 17.8 Å². The van der Waals surface area contributed by atoms with Crippen LogP contribution >= 0.6 is 22.9 Å². The first-order chi connectivity index (χ1) is 24.2. The van der Waals surface area contributed by atoms with Gasteiger partial charge in [0.25, 0.3) is 6.43 Å². The molecule has 0 saturated carbocycles. The average Bonchev–Trinajstić information content (AvgIpc) is 3.66. The molecule has 2 saturated heterocycles. The van der Waals surface area contributed by atoms with Crippen LogP contribution in [0, 0.1) is 24.5 Å². The number of nitrogens with two attached hydrogens (primary N) is 1. The third kappa shape index (κ3) is 6.08. The second kappa shape index (κ2) is 13.4. The Hall–Kier alpha value is -3.69. The number of ether oxygens (including phenoxy) is 3. The molecule has 274 valence electrons. The van der Waals surface area contributed by atoms with E-state index in [1.807, 2.05) is 4.90 Å². The molecule has 0 amide bonds. The normalized spacial score (nSPS) is 22.5. The number of benzene rings is 2. The minimum absolute atomic E-state index is 0.0174. The fourth-order valence-electron chi connectivity index (χ4n) is 7.65. The number of carbonyl (C=O) groups excluding carboxylic acids is 1. The molecule has 7 rings (SSSR count). The average molecular weight is 754 g/mol. The SMILES string of the molecule is Cc1c(N)sc2c(F)ccc(-c3c(Cl)c4c5c(nc(OC[C@@]67CCCN6C[C@H](F)C7)nc5c3F)N(CC(F)F)C(C(C)OC(=O)C(C)C)CO4)c12. The Balaban J connectivity index is 1.45. The van der Waals surface area contributed by atoms with Gasteiger partial charge in [-0.2, -0.15) is 9.97 Å². The topological polar surface area (TPSA) is 103 Å². The zero-order chi connectivity index (χ0) is 36.5. The van der Waals surface area contributed by atoms with Crippen LogP contribution < -0.4 is 20.1 Å². The molecule has 4 atom stereocenters. The highest BCUT2D eigenvalue weighted by Gasteiger charge is 2.49. The van der Waals surface area contributed by atoms with E-state index in [1.54, 1.807) is 27.7 Å². The van der Waals surface area contributed by atoms with E-state index in [4.69, 9.17) is 31.5 Å². The summed E-state index contributed by atoms with van der Waals surface area (Å²) in [6.45, 7) is 6.25. The Bertz CT molecular complexity index is 2030. The van der Waals surface area contributed by atoms with Crippen molar-refractivity contribution >= 4 is 60.7 Å². The molecule has 0 radical (unpaired) electrons. The van der Waals surface area contributed by atoms with Crippen molar-refractivity contribution in [2.45, 2.75) is 77.2 Å². The Morgan fingerprint density at radius 3 is 2.71 bits per heavy atom. The highest BCUT2D eigenvalue weighted by atomic mass is 35.5. The molecule has 0 spiro atoms. The second-order valence-corrected chi connectivity index (χ2v) is 15.3. The van der Waals surface area contributed by atoms with Gasteiger partial charge in [0.1, 0.15) is 48.7 Å². The van der Waals surface area contributed by atoms with E-state index in [2.05, 4.69) is 9.97 Å². The van der Waals surface area contributed by atoms with Crippen molar-refractivity contribution in [1.29, 1.82) is 0 Å². The summed E-state index contributed by atoms with van der Waals surface area (Å²) in [5, 5.41) is 0.365. The van der Waals surface area contributed by atoms with Crippen molar-refractivity contribution in [3.8, 4) is 22.9 Å². The number of halogens is 6. The molecule has 51 heavy (non-hydrogen) atoms. The number of nitrogen functional groups attached to an aromatic ring is 1. The number of rotatable bonds is 9. The van der Waals surface area contributed by atoms with Crippen LogP contribution in [-0.2, 0) is 9.53 Å². The molecule has 16 heteroatoms. The smallest absolute Gasteiger partial charge is 0.319 e. The van der Waals surface area contributed by atoms with Gasteiger partial charge in [0.2, 0.25) is 0 Å². The highest BCUT2D eigenvalue weighted by molar-refractivity contribution is 7.23. The van der Waals surface area contributed by atoms with Crippen LogP contribution in [0.5, 0.6) is 11.8 Å². The number of fused-ring (bicyclic) bond motifs is 2. The van der Waals surface area contributed by atoms with Crippen LogP contribution in [0.2, 0.25) is 5.02 Å². The van der Waals surface area contributed by atoms with Gasteiger partial charge in [-0.25, -0.2) is 22.0 Å². The molecule has 2 aromatic carbocycles. The van der Waals surface area contributed by atoms with Gasteiger partial charge in [0.05, 0.1) is 38.1 Å². The number of anilines is 2. The summed E-state index contributed by atoms with van der Waals surface area (Å²) < 4.78 is 93.9. The molecule has 9 nitrogen and oxygen atoms in total. The number of alkyl halides is 3. The molecular formula is C35H37ClF5N5O4S. The third-order valence-electron chi connectivity index (χ3n) is 10.2. The monoisotopic (exact) mass is 753 g/mol. The minimum atomic E-state index is -2.90. The summed E-state index contributed by atoms with van der Waals surface area (Å²) in [7, 11) is 0. The van der Waals surface area contributed by atoms with Gasteiger partial charge in [-0.05, 0) is 50.4 Å². The van der Waals surface area contributed by atoms with Gasteiger partial charge in [0, 0.05) is 23.9 Å². The summed E-state index contributed by atoms with van der Waals surface area (Å²) in [6.07, 6.45) is -3.20. The number of carbonyl (C=O) groups is 1. The lowest BCUT2D eigenvalue weighted by atomic mass is 9.95. The van der Waals surface area contributed by atoms with Gasteiger partial charge in [0.15, 0.2) is 11.6 Å². The fourth-order valence-corrected chi connectivity index (χ4v) is 8.99. The van der Waals surface area contributed by atoms with Gasteiger partial charge < -0.3 is 24.8 Å². The van der Waals surface area contributed by atoms with Crippen LogP contribution in [0.3, 0.4) is 0 Å². The largest absolute Gasteiger partial charge is 0.489 e. The number of thiophene rings is 1. The molecule has 2 N–H and O–H groups in total. The number of hydrogen-bond acceptors (Lipinski definition) is 10. The summed E-state index contributed by atoms with van der Waals surface area (Å²) in [6, 6.07) is 1.20. The predicted octanol–water partition coefficient (Wildman–Crippen LogP) is 7.71. The molecule has 0 bridgehead atoms. The van der Waals surface area contributed by atoms with Crippen LogP contribution in [0.25, 0.3) is 32.1 Å². The lowest BCUT2D eigenvalue weighted by Gasteiger charge is -2.34. The van der Waals surface area contributed by atoms with E-state index < -0.39 is 60.3 Å². The number of aryl methyl sites for hydroxylation is 1. The van der Waals surface area contributed by atoms with Crippen molar-refractivity contribution in [1.82, 2.24) is 14.9 Å². The lowest BCUT2D eigenvalue weighted by Crippen LogP contribution is -2.50. The Morgan fingerprint density at radius 2 is 1.98 bits per heavy atom. The Morgan fingerprint density at radius 1 is 1.22 bits per heavy atom. The quantitative estimate of drug-likeness (QED) is 0.136. The van der Waals surface area contributed by atoms with Crippen LogP contribution in [0.15, 0.2) is 12.1 Å². The second-order valence-electron chi connectivity index (χ2n) is 13.9. The van der Waals surface area contributed by atoms with Crippen LogP contribution in [-0.4, -0.2) is 84.0 Å². The van der Waals surface area contributed by atoms with Crippen molar-refractivity contribution in [2.75, 3.05) is 43.5 Å². The van der Waals surface area contributed by atoms with E-state index in [1.165, 1.54) is 17.0 Å². The maximum Gasteiger partial charge on any atom is 0.319 e. The molecule has 3 aliphatic rings. The summed E-state index contributed by atoms with van der Waals surface area (Å²) >= 11 is 8.02. The van der Waals surface area contributed by atoms with Gasteiger partial charge in [-0.15, -0.1) is 11.3 Å². The zero-order valence-electron chi connectivity index (χ0n) is 28.4. The fraction of sp³-hybridized carbons (Fsp3) is 0.514. The first-order valence-corrected chi connectivity index (χ1v) is 18.0. The summed E-state index contributed by atoms with van der Waals surface area (Å²) in [5.41, 5.74) is 5.78. The van der Waals surface area contributed by atoms with E-state index in [-0.39, 0.29) is 75.5 Å². The van der Waals surface area contributed by atoms with E-state index in [9.17, 15) is 18.0 Å². The molecule has 0 aliphatic carbocycles. The molecule has 2 fully saturated rings. The van der Waals surface area contributed by atoms with Crippen molar-refractivity contribution in [2.24, 2.45) is 5.92 Å². The molecule has 4 aromatic rings. The highest BCUT2D eigenvalue weighted by Crippen LogP contribution is 2.51. The molecule has 3 aliphatic heterocycles. The van der Waals surface area contributed by atoms with Crippen LogP contribution in [0.1, 0.15) is 45.6 Å². The Kier molecular flexibility index (Phi) is 9.36. The van der Waals surface area contributed by atoms with Crippen LogP contribution in [0.4, 0.5) is 32.8 Å². The van der Waals surface area contributed by atoms with Crippen molar-refractivity contribution in [3.63, 3.8) is 0 Å². The number of nitrogens with zero attached hydrogens (tertiary/aromatic N) is 4. The first-order valence-electron chi connectivity index (χ1n) is 16.8. The number of aromatic nitrogens is 2. The van der Waals surface area contributed by atoms with Gasteiger partial charge >= 0.3 is 12.0 Å². The standard InChI is InChI=1S/C35H37ClF5N5O4S/c1-15(2)33(47)50-17(4)21-13-48-29-25-28(27(41)24(26(29)36)19-6-7-20(38)30-23(19)16(3)31(42)51-30)43-34(44-32(25)46(21)12-22(39)40)49-14-35-8-5-9-45(35)11-18(37)10-35/h6-7,15,17-18,21-22H,5,8-14,42H2,1-4H3/t17?,18-,21?,35+/m1/s1. The van der Waals surface area contributed by atoms with Crippen molar-refractivity contribution < 1.29 is 41.0 Å². The summed E-state index contributed by atoms with van der Waals surface area (Å²) in [5.74, 6) is -2.82. The maximum absolute atomic E-state index is 17.2. The third-order valence-corrected chi connectivity index (χ3v) is 11.7. The minimum Gasteiger partial charge on any atom is -0.489 e. The molecular weight excluding hydrogens is 717 g/mol. The first kappa shape index (κ1) is 35.7.